The van der Waals surface area contributed by atoms with Crippen LogP contribution >= 0.6 is 0 Å². The van der Waals surface area contributed by atoms with Crippen LogP contribution in [-0.4, -0.2) is 111 Å². The number of hydrogen-bond donors (Lipinski definition) is 4. The number of hydrogen-bond acceptors (Lipinski definition) is 13. The molecule has 1 spiro atoms. The van der Waals surface area contributed by atoms with Gasteiger partial charge in [-0.1, -0.05) is 0 Å². The number of ether oxygens (including phenoxy) is 5. The zero-order chi connectivity index (χ0) is 30.1. The van der Waals surface area contributed by atoms with E-state index < -0.39 is 89.4 Å². The first-order valence-electron chi connectivity index (χ1n) is 13.3. The van der Waals surface area contributed by atoms with Crippen LogP contribution in [0.25, 0.3) is 10.8 Å². The van der Waals surface area contributed by atoms with Crippen LogP contribution in [0.1, 0.15) is 56.4 Å². The van der Waals surface area contributed by atoms with E-state index in [9.17, 15) is 39.6 Å². The highest BCUT2D eigenvalue weighted by Gasteiger charge is 2.86. The highest BCUT2D eigenvalue weighted by Crippen LogP contribution is 2.61. The monoisotopic (exact) mass is 585 g/mol. The van der Waals surface area contributed by atoms with Crippen molar-refractivity contribution in [3.05, 3.63) is 34.4 Å². The smallest absolute Gasteiger partial charge is 0.312 e. The van der Waals surface area contributed by atoms with Crippen molar-refractivity contribution in [2.75, 3.05) is 20.8 Å². The SMILES string of the molecule is CO[C@]12CC(=O)O[C@]13C(=O)c1c(cc4cc(O)c5c(c4c1O)CN(C)C5=O)C(=O)[C@]3(O[C@H]1C[C@@H](O)[C@@H](O)[C@H](C)O1)CO2. The number of rotatable bonds is 3. The van der Waals surface area contributed by atoms with Crippen LogP contribution in [0.4, 0.5) is 0 Å². The molecule has 7 atom stereocenters. The van der Waals surface area contributed by atoms with E-state index in [4.69, 9.17) is 23.7 Å². The van der Waals surface area contributed by atoms with Gasteiger partial charge in [0.25, 0.3) is 11.5 Å². The van der Waals surface area contributed by atoms with Gasteiger partial charge in [0.2, 0.25) is 23.0 Å². The summed E-state index contributed by atoms with van der Waals surface area (Å²) in [5.41, 5.74) is -5.54. The first kappa shape index (κ1) is 27.2. The Hall–Kier alpha value is -3.66. The Morgan fingerprint density at radius 3 is 2.50 bits per heavy atom. The molecule has 4 N–H and O–H groups in total. The normalized spacial score (nSPS) is 37.1. The number of Topliss-reactive ketones (excluding diaryl/α,β-unsaturated/α-hetero) is 2. The maximum absolute atomic E-state index is 14.7. The maximum atomic E-state index is 14.7. The number of phenols is 2. The highest BCUT2D eigenvalue weighted by atomic mass is 16.8. The Bertz CT molecular complexity index is 1630. The van der Waals surface area contributed by atoms with E-state index in [1.165, 1.54) is 38.1 Å². The standard InChI is InChI=1S/C28H27NO13/c1-10-21(33)15(31)6-17(40-10)42-26-9-39-27(38-3)7-16(32)41-28(26,27)24(36)20-12(23(26)35)4-11-5-14(30)19-13(18(11)22(20)34)8-29(2)25(19)37/h4-5,10,15,17,21,30-31,33-34H,6-9H2,1-3H3/t10-,15+,17-,21-,26+,27-,28-/m0/s1. The summed E-state index contributed by atoms with van der Waals surface area (Å²) >= 11 is 0. The Labute approximate surface area is 237 Å². The van der Waals surface area contributed by atoms with Crippen LogP contribution in [0, 0.1) is 0 Å². The lowest BCUT2D eigenvalue weighted by atomic mass is 9.64. The van der Waals surface area contributed by atoms with Crippen LogP contribution in [0.5, 0.6) is 11.5 Å². The quantitative estimate of drug-likeness (QED) is 0.348. The minimum atomic E-state index is -2.57. The van der Waals surface area contributed by atoms with E-state index in [2.05, 4.69) is 0 Å². The number of nitrogens with zero attached hydrogens (tertiary/aromatic N) is 1. The Morgan fingerprint density at radius 1 is 1.07 bits per heavy atom. The van der Waals surface area contributed by atoms with Crippen molar-refractivity contribution in [1.82, 2.24) is 4.90 Å². The second-order valence-corrected chi connectivity index (χ2v) is 11.4. The fraction of sp³-hybridized carbons (Fsp3) is 0.500. The Morgan fingerprint density at radius 2 is 1.81 bits per heavy atom. The average molecular weight is 586 g/mol. The third-order valence-corrected chi connectivity index (χ3v) is 9.19. The molecule has 0 saturated carbocycles. The molecule has 1 amide bonds. The number of aromatic hydroxyl groups is 2. The molecule has 14 heteroatoms. The van der Waals surface area contributed by atoms with Gasteiger partial charge in [0.05, 0.1) is 29.9 Å². The first-order valence-corrected chi connectivity index (χ1v) is 13.3. The zero-order valence-corrected chi connectivity index (χ0v) is 22.7. The van der Waals surface area contributed by atoms with Crippen LogP contribution in [-0.2, 0) is 35.0 Å². The molecular weight excluding hydrogens is 558 g/mol. The van der Waals surface area contributed by atoms with Gasteiger partial charge in [-0.3, -0.25) is 19.2 Å². The lowest BCUT2D eigenvalue weighted by Gasteiger charge is -2.48. The van der Waals surface area contributed by atoms with Gasteiger partial charge in [0.1, 0.15) is 24.0 Å². The maximum Gasteiger partial charge on any atom is 0.312 e. The first-order chi connectivity index (χ1) is 19.8. The van der Waals surface area contributed by atoms with E-state index >= 15 is 0 Å². The second kappa shape index (κ2) is 8.46. The third kappa shape index (κ3) is 2.98. The predicted molar refractivity (Wildman–Crippen MR) is 136 cm³/mol. The van der Waals surface area contributed by atoms with E-state index in [0.29, 0.717) is 0 Å². The van der Waals surface area contributed by atoms with Crippen molar-refractivity contribution in [2.24, 2.45) is 0 Å². The van der Waals surface area contributed by atoms with Crippen molar-refractivity contribution >= 4 is 34.2 Å². The topological polar surface area (TPSA) is 199 Å². The number of methoxy groups -OCH3 is 1. The predicted octanol–water partition coefficient (Wildman–Crippen LogP) is -0.114. The Kier molecular flexibility index (Phi) is 5.48. The van der Waals surface area contributed by atoms with Crippen molar-refractivity contribution in [3.63, 3.8) is 0 Å². The summed E-state index contributed by atoms with van der Waals surface area (Å²) in [6, 6.07) is 2.50. The summed E-state index contributed by atoms with van der Waals surface area (Å²) in [5.74, 6) is -6.51. The molecule has 0 bridgehead atoms. The lowest BCUT2D eigenvalue weighted by Crippen LogP contribution is -2.73. The number of carbonyl (C=O) groups is 4. The fourth-order valence-corrected chi connectivity index (χ4v) is 7.18. The van der Waals surface area contributed by atoms with Crippen LogP contribution in [0.2, 0.25) is 0 Å². The summed E-state index contributed by atoms with van der Waals surface area (Å²) < 4.78 is 29.1. The summed E-state index contributed by atoms with van der Waals surface area (Å²) in [5, 5.41) is 43.1. The van der Waals surface area contributed by atoms with Gasteiger partial charge in [-0.05, 0) is 30.0 Å². The molecule has 0 unspecified atom stereocenters. The Balaban J connectivity index is 1.48. The molecule has 1 aliphatic carbocycles. The molecule has 2 aromatic rings. The number of aliphatic hydroxyl groups excluding tert-OH is 2. The number of phenolic OH excluding ortho intramolecular Hbond substituents is 2. The molecule has 3 fully saturated rings. The molecule has 42 heavy (non-hydrogen) atoms. The number of ketones is 2. The minimum absolute atomic E-state index is 0.0111. The third-order valence-electron chi connectivity index (χ3n) is 9.19. The molecular formula is C28H27NO13. The second-order valence-electron chi connectivity index (χ2n) is 11.4. The number of benzene rings is 2. The summed E-state index contributed by atoms with van der Waals surface area (Å²) in [4.78, 5) is 56.1. The molecule has 3 saturated heterocycles. The molecule has 4 aliphatic heterocycles. The van der Waals surface area contributed by atoms with Gasteiger partial charge >= 0.3 is 5.97 Å². The number of carbonyl (C=O) groups excluding carboxylic acids is 4. The van der Waals surface area contributed by atoms with Gasteiger partial charge in [0, 0.05) is 38.1 Å². The molecule has 0 aromatic heterocycles. The molecule has 2 aromatic carbocycles. The van der Waals surface area contributed by atoms with Crippen LogP contribution in [0.3, 0.4) is 0 Å². The van der Waals surface area contributed by atoms with Gasteiger partial charge < -0.3 is 49.0 Å². The van der Waals surface area contributed by atoms with E-state index in [1.54, 1.807) is 0 Å². The van der Waals surface area contributed by atoms with Crippen molar-refractivity contribution in [2.45, 2.75) is 67.9 Å². The van der Waals surface area contributed by atoms with Crippen molar-refractivity contribution < 1.29 is 63.3 Å². The van der Waals surface area contributed by atoms with E-state index in [-0.39, 0.29) is 46.2 Å². The highest BCUT2D eigenvalue weighted by molar-refractivity contribution is 6.28. The van der Waals surface area contributed by atoms with Crippen molar-refractivity contribution in [1.29, 1.82) is 0 Å². The fourth-order valence-electron chi connectivity index (χ4n) is 7.18. The molecule has 14 nitrogen and oxygen atoms in total. The van der Waals surface area contributed by atoms with Crippen molar-refractivity contribution in [3.8, 4) is 11.5 Å². The summed E-state index contributed by atoms with van der Waals surface area (Å²) in [7, 11) is 2.68. The van der Waals surface area contributed by atoms with Gasteiger partial charge in [0.15, 0.2) is 6.29 Å². The number of fused-ring (bicyclic) bond motifs is 4. The average Bonchev–Trinajstić information content (AvgIpc) is 3.50. The van der Waals surface area contributed by atoms with E-state index in [0.717, 1.165) is 0 Å². The minimum Gasteiger partial charge on any atom is -0.507 e. The summed E-state index contributed by atoms with van der Waals surface area (Å²) in [6.45, 7) is 0.868. The zero-order valence-electron chi connectivity index (χ0n) is 22.7. The molecule has 5 aliphatic rings. The van der Waals surface area contributed by atoms with Crippen LogP contribution < -0.4 is 0 Å². The largest absolute Gasteiger partial charge is 0.507 e. The molecule has 7 rings (SSSR count). The lowest BCUT2D eigenvalue weighted by molar-refractivity contribution is -0.291. The van der Waals surface area contributed by atoms with Crippen LogP contribution in [0.15, 0.2) is 12.1 Å². The van der Waals surface area contributed by atoms with E-state index in [1.807, 2.05) is 0 Å². The summed E-state index contributed by atoms with van der Waals surface area (Å²) in [6.07, 6.45) is -5.70. The molecule has 222 valence electrons. The number of esters is 1. The van der Waals surface area contributed by atoms with Gasteiger partial charge in [-0.15, -0.1) is 0 Å². The molecule has 0 radical (unpaired) electrons. The number of amides is 1. The van der Waals surface area contributed by atoms with Gasteiger partial charge in [-0.25, -0.2) is 0 Å². The van der Waals surface area contributed by atoms with Gasteiger partial charge in [-0.2, -0.15) is 0 Å². The number of aliphatic hydroxyl groups is 2. The molecule has 4 heterocycles.